The Balaban J connectivity index is 1.79. The molecule has 0 aromatic rings. The number of hydrogen-bond acceptors (Lipinski definition) is 4. The molecular formula is C14H27N3O4S. The topological polar surface area (TPSA) is 79.0 Å². The zero-order chi connectivity index (χ0) is 16.0. The molecule has 0 saturated carbocycles. The van der Waals surface area contributed by atoms with Crippen LogP contribution >= 0.6 is 0 Å². The molecule has 0 aliphatic carbocycles. The van der Waals surface area contributed by atoms with Crippen LogP contribution in [0.5, 0.6) is 0 Å². The average molecular weight is 333 g/mol. The summed E-state index contributed by atoms with van der Waals surface area (Å²) in [7, 11) is -1.82. The molecule has 1 atom stereocenters. The van der Waals surface area contributed by atoms with Crippen molar-refractivity contribution in [1.82, 2.24) is 13.9 Å². The molecule has 0 aromatic carbocycles. The van der Waals surface area contributed by atoms with Gasteiger partial charge in [0.2, 0.25) is 5.91 Å². The number of likely N-dealkylation sites (tertiary alicyclic amines) is 1. The lowest BCUT2D eigenvalue weighted by Crippen LogP contribution is -2.49. The zero-order valence-corrected chi connectivity index (χ0v) is 14.1. The van der Waals surface area contributed by atoms with Gasteiger partial charge in [-0.2, -0.15) is 12.7 Å². The van der Waals surface area contributed by atoms with E-state index in [9.17, 15) is 13.2 Å². The van der Waals surface area contributed by atoms with Crippen molar-refractivity contribution in [3.8, 4) is 0 Å². The fourth-order valence-electron chi connectivity index (χ4n) is 3.12. The third kappa shape index (κ3) is 4.91. The van der Waals surface area contributed by atoms with E-state index in [0.717, 1.165) is 32.2 Å². The minimum Gasteiger partial charge on any atom is -0.384 e. The number of ether oxygens (including phenoxy) is 1. The van der Waals surface area contributed by atoms with E-state index in [4.69, 9.17) is 4.74 Å². The summed E-state index contributed by atoms with van der Waals surface area (Å²) in [5.74, 6) is 0.391. The lowest BCUT2D eigenvalue weighted by molar-refractivity contribution is -0.133. The van der Waals surface area contributed by atoms with Crippen LogP contribution in [-0.2, 0) is 19.7 Å². The van der Waals surface area contributed by atoms with Crippen LogP contribution in [0.15, 0.2) is 0 Å². The molecule has 0 bridgehead atoms. The summed E-state index contributed by atoms with van der Waals surface area (Å²) in [6.45, 7) is 3.12. The average Bonchev–Trinajstić information content (AvgIpc) is 2.50. The molecule has 2 heterocycles. The lowest BCUT2D eigenvalue weighted by Gasteiger charge is -2.32. The molecule has 2 aliphatic heterocycles. The standard InChI is InChI=1S/C14H27N3O4S/c1-21-12-13-5-4-9-17(11-13)22(19,20)15-7-10-16-8-3-2-6-14(16)18/h13,15H,2-12H2,1H3. The largest absolute Gasteiger partial charge is 0.384 e. The minimum atomic E-state index is -3.46. The molecule has 0 aromatic heterocycles. The van der Waals surface area contributed by atoms with Gasteiger partial charge in [0.25, 0.3) is 10.2 Å². The first kappa shape index (κ1) is 17.7. The van der Waals surface area contributed by atoms with Gasteiger partial charge in [-0.1, -0.05) is 0 Å². The highest BCUT2D eigenvalue weighted by molar-refractivity contribution is 7.87. The summed E-state index contributed by atoms with van der Waals surface area (Å²) in [6, 6.07) is 0. The fourth-order valence-corrected chi connectivity index (χ4v) is 4.42. The van der Waals surface area contributed by atoms with Gasteiger partial charge in [0.1, 0.15) is 0 Å². The second-order valence-corrected chi connectivity index (χ2v) is 7.81. The zero-order valence-electron chi connectivity index (χ0n) is 13.3. The van der Waals surface area contributed by atoms with Crippen LogP contribution in [0.3, 0.4) is 0 Å². The summed E-state index contributed by atoms with van der Waals surface area (Å²) in [6.07, 6.45) is 4.39. The summed E-state index contributed by atoms with van der Waals surface area (Å²) in [4.78, 5) is 13.4. The van der Waals surface area contributed by atoms with Crippen molar-refractivity contribution in [1.29, 1.82) is 0 Å². The maximum absolute atomic E-state index is 12.3. The van der Waals surface area contributed by atoms with E-state index in [1.165, 1.54) is 4.31 Å². The summed E-state index contributed by atoms with van der Waals surface area (Å²) < 4.78 is 33.9. The number of nitrogens with one attached hydrogen (secondary N) is 1. The Morgan fingerprint density at radius 1 is 1.27 bits per heavy atom. The number of carbonyl (C=O) groups excluding carboxylic acids is 1. The Morgan fingerprint density at radius 3 is 2.82 bits per heavy atom. The number of carbonyl (C=O) groups is 1. The smallest absolute Gasteiger partial charge is 0.279 e. The molecule has 2 rings (SSSR count). The van der Waals surface area contributed by atoms with E-state index < -0.39 is 10.2 Å². The summed E-state index contributed by atoms with van der Waals surface area (Å²) >= 11 is 0. The number of piperidine rings is 2. The van der Waals surface area contributed by atoms with Crippen LogP contribution in [-0.4, -0.2) is 70.0 Å². The highest BCUT2D eigenvalue weighted by atomic mass is 32.2. The van der Waals surface area contributed by atoms with Gasteiger partial charge in [0.05, 0.1) is 6.61 Å². The predicted molar refractivity (Wildman–Crippen MR) is 83.5 cm³/mol. The normalized spacial score (nSPS) is 24.7. The molecule has 2 fully saturated rings. The molecule has 1 unspecified atom stereocenters. The molecule has 128 valence electrons. The first-order valence-electron chi connectivity index (χ1n) is 8.04. The Bertz CT molecular complexity index is 467. The van der Waals surface area contributed by atoms with E-state index in [1.807, 2.05) is 0 Å². The quantitative estimate of drug-likeness (QED) is 0.721. The minimum absolute atomic E-state index is 0.128. The summed E-state index contributed by atoms with van der Waals surface area (Å²) in [5, 5.41) is 0. The first-order chi connectivity index (χ1) is 10.5. The van der Waals surface area contributed by atoms with Crippen molar-refractivity contribution in [3.63, 3.8) is 0 Å². The van der Waals surface area contributed by atoms with E-state index in [0.29, 0.717) is 32.7 Å². The van der Waals surface area contributed by atoms with E-state index in [-0.39, 0.29) is 18.4 Å². The third-order valence-corrected chi connectivity index (χ3v) is 5.89. The Labute approximate surface area is 133 Å². The maximum atomic E-state index is 12.3. The SMILES string of the molecule is COCC1CCCN(S(=O)(=O)NCCN2CCCCC2=O)C1. The van der Waals surface area contributed by atoms with Gasteiger partial charge < -0.3 is 9.64 Å². The molecule has 8 heteroatoms. The maximum Gasteiger partial charge on any atom is 0.279 e. The molecule has 2 saturated heterocycles. The molecule has 1 amide bonds. The van der Waals surface area contributed by atoms with Gasteiger partial charge >= 0.3 is 0 Å². The number of nitrogens with zero attached hydrogens (tertiary/aromatic N) is 2. The van der Waals surface area contributed by atoms with Gasteiger partial charge in [-0.15, -0.1) is 0 Å². The Kier molecular flexibility index (Phi) is 6.61. The van der Waals surface area contributed by atoms with Crippen molar-refractivity contribution < 1.29 is 17.9 Å². The second-order valence-electron chi connectivity index (χ2n) is 6.06. The molecule has 0 radical (unpaired) electrons. The molecule has 7 nitrogen and oxygen atoms in total. The van der Waals surface area contributed by atoms with Crippen LogP contribution in [0.25, 0.3) is 0 Å². The summed E-state index contributed by atoms with van der Waals surface area (Å²) in [5.41, 5.74) is 0. The second kappa shape index (κ2) is 8.24. The predicted octanol–water partition coefficient (Wildman–Crippen LogP) is 0.192. The van der Waals surface area contributed by atoms with Crippen LogP contribution in [0.1, 0.15) is 32.1 Å². The van der Waals surface area contributed by atoms with Crippen molar-refractivity contribution in [2.45, 2.75) is 32.1 Å². The highest BCUT2D eigenvalue weighted by Crippen LogP contribution is 2.18. The van der Waals surface area contributed by atoms with Gasteiger partial charge in [0.15, 0.2) is 0 Å². The van der Waals surface area contributed by atoms with Gasteiger partial charge in [-0.05, 0) is 31.6 Å². The van der Waals surface area contributed by atoms with Gasteiger partial charge in [-0.3, -0.25) is 4.79 Å². The molecule has 22 heavy (non-hydrogen) atoms. The van der Waals surface area contributed by atoms with Gasteiger partial charge in [0, 0.05) is 46.3 Å². The van der Waals surface area contributed by atoms with Crippen molar-refractivity contribution >= 4 is 16.1 Å². The molecule has 1 N–H and O–H groups in total. The van der Waals surface area contributed by atoms with E-state index in [1.54, 1.807) is 12.0 Å². The van der Waals surface area contributed by atoms with Crippen LogP contribution in [0, 0.1) is 5.92 Å². The Morgan fingerprint density at radius 2 is 2.09 bits per heavy atom. The number of methoxy groups -OCH3 is 1. The number of amides is 1. The molecule has 0 spiro atoms. The number of rotatable bonds is 7. The molecular weight excluding hydrogens is 306 g/mol. The van der Waals surface area contributed by atoms with Crippen molar-refractivity contribution in [3.05, 3.63) is 0 Å². The number of hydrogen-bond donors (Lipinski definition) is 1. The van der Waals surface area contributed by atoms with E-state index in [2.05, 4.69) is 4.72 Å². The van der Waals surface area contributed by atoms with Crippen molar-refractivity contribution in [2.75, 3.05) is 46.4 Å². The van der Waals surface area contributed by atoms with Gasteiger partial charge in [-0.25, -0.2) is 4.72 Å². The third-order valence-electron chi connectivity index (χ3n) is 4.31. The van der Waals surface area contributed by atoms with Crippen molar-refractivity contribution in [2.24, 2.45) is 5.92 Å². The van der Waals surface area contributed by atoms with Crippen LogP contribution in [0.4, 0.5) is 0 Å². The molecule has 2 aliphatic rings. The van der Waals surface area contributed by atoms with Crippen LogP contribution < -0.4 is 4.72 Å². The lowest BCUT2D eigenvalue weighted by atomic mass is 10.0. The monoisotopic (exact) mass is 333 g/mol. The first-order valence-corrected chi connectivity index (χ1v) is 9.48. The van der Waals surface area contributed by atoms with E-state index >= 15 is 0 Å². The fraction of sp³-hybridized carbons (Fsp3) is 0.929. The highest BCUT2D eigenvalue weighted by Gasteiger charge is 2.28. The van der Waals surface area contributed by atoms with Crippen LogP contribution in [0.2, 0.25) is 0 Å². The Hall–Kier alpha value is -0.700.